The van der Waals surface area contributed by atoms with Gasteiger partial charge in [-0.2, -0.15) is 0 Å². The molecule has 6 heteroatoms. The van der Waals surface area contributed by atoms with Crippen molar-refractivity contribution in [1.82, 2.24) is 15.1 Å². The molecule has 4 aliphatic heterocycles. The summed E-state index contributed by atoms with van der Waals surface area (Å²) in [5, 5.41) is 5.45. The number of urea groups is 1. The summed E-state index contributed by atoms with van der Waals surface area (Å²) in [7, 11) is 2.25. The number of amides is 2. The van der Waals surface area contributed by atoms with Crippen LogP contribution in [0.2, 0.25) is 0 Å². The Morgan fingerprint density at radius 1 is 1.32 bits per heavy atom. The van der Waals surface area contributed by atoms with Crippen LogP contribution >= 0.6 is 11.3 Å². The van der Waals surface area contributed by atoms with Crippen molar-refractivity contribution in [2.75, 3.05) is 7.05 Å². The first-order chi connectivity index (χ1) is 13.6. The number of piperidine rings is 1. The third kappa shape index (κ3) is 2.13. The number of thiophene rings is 1. The number of carbonyl (C=O) groups excluding carboxylic acids is 1. The zero-order chi connectivity index (χ0) is 19.0. The number of rotatable bonds is 2. The van der Waals surface area contributed by atoms with Crippen molar-refractivity contribution in [1.29, 1.82) is 0 Å². The molecule has 0 spiro atoms. The SMILES string of the molecule is Cc1ccc2c(c1)C1NC(=O)N(Cc3cccs3)C3(CC4CCC(C13)N4C)O2. The summed E-state index contributed by atoms with van der Waals surface area (Å²) in [5.41, 5.74) is 1.79. The van der Waals surface area contributed by atoms with E-state index in [1.165, 1.54) is 23.3 Å². The van der Waals surface area contributed by atoms with E-state index in [4.69, 9.17) is 4.74 Å². The molecule has 5 nitrogen and oxygen atoms in total. The zero-order valence-corrected chi connectivity index (χ0v) is 17.0. The van der Waals surface area contributed by atoms with E-state index >= 15 is 0 Å². The Morgan fingerprint density at radius 2 is 2.21 bits per heavy atom. The fraction of sp³-hybridized carbons (Fsp3) is 0.500. The van der Waals surface area contributed by atoms with Crippen LogP contribution in [0.4, 0.5) is 4.79 Å². The fourth-order valence-corrected chi connectivity index (χ4v) is 6.83. The molecule has 4 bridgehead atoms. The Balaban J connectivity index is 1.53. The van der Waals surface area contributed by atoms with Crippen molar-refractivity contribution < 1.29 is 9.53 Å². The first-order valence-electron chi connectivity index (χ1n) is 10.2. The normalized spacial score (nSPS) is 35.8. The minimum absolute atomic E-state index is 0.00533. The number of fused-ring (bicyclic) bond motifs is 4. The van der Waals surface area contributed by atoms with Gasteiger partial charge in [0.25, 0.3) is 0 Å². The van der Waals surface area contributed by atoms with Crippen LogP contribution in [-0.4, -0.2) is 40.7 Å². The lowest BCUT2D eigenvalue weighted by atomic mass is 9.70. The van der Waals surface area contributed by atoms with Crippen LogP contribution < -0.4 is 10.1 Å². The standard InChI is InChI=1S/C22H25N3O2S/c1-13-5-8-18-16(10-13)20-19-17-7-6-14(24(17)2)11-22(19,27-18)25(21(26)23-20)12-15-4-3-9-28-15/h3-5,8-10,14,17,19-20H,6-7,11-12H2,1-2H3,(H,23,26). The molecule has 1 aromatic carbocycles. The Hall–Kier alpha value is -2.05. The number of aryl methyl sites for hydroxylation is 1. The van der Waals surface area contributed by atoms with Crippen LogP contribution in [0, 0.1) is 12.8 Å². The molecular formula is C22H25N3O2S. The summed E-state index contributed by atoms with van der Waals surface area (Å²) in [4.78, 5) is 19.1. The van der Waals surface area contributed by atoms with E-state index in [2.05, 4.69) is 59.9 Å². The first-order valence-corrected chi connectivity index (χ1v) is 11.1. The molecule has 0 saturated carbocycles. The van der Waals surface area contributed by atoms with Crippen LogP contribution in [-0.2, 0) is 6.54 Å². The van der Waals surface area contributed by atoms with E-state index in [1.807, 2.05) is 4.90 Å². The molecule has 28 heavy (non-hydrogen) atoms. The average Bonchev–Trinajstić information content (AvgIpc) is 3.26. The summed E-state index contributed by atoms with van der Waals surface area (Å²) >= 11 is 1.70. The van der Waals surface area contributed by atoms with Gasteiger partial charge in [0.05, 0.1) is 18.5 Å². The van der Waals surface area contributed by atoms with Crippen LogP contribution in [0.25, 0.3) is 0 Å². The third-order valence-electron chi connectivity index (χ3n) is 7.38. The minimum Gasteiger partial charge on any atom is -0.467 e. The highest BCUT2D eigenvalue weighted by molar-refractivity contribution is 7.09. The predicted molar refractivity (Wildman–Crippen MR) is 108 cm³/mol. The summed E-state index contributed by atoms with van der Waals surface area (Å²) in [6.45, 7) is 2.71. The number of hydrogen-bond donors (Lipinski definition) is 1. The van der Waals surface area contributed by atoms with Crippen molar-refractivity contribution in [2.24, 2.45) is 5.92 Å². The molecule has 3 saturated heterocycles. The van der Waals surface area contributed by atoms with Gasteiger partial charge in [-0.1, -0.05) is 23.8 Å². The molecular weight excluding hydrogens is 370 g/mol. The van der Waals surface area contributed by atoms with Crippen molar-refractivity contribution in [3.05, 3.63) is 51.7 Å². The van der Waals surface area contributed by atoms with E-state index < -0.39 is 5.72 Å². The van der Waals surface area contributed by atoms with Gasteiger partial charge in [0, 0.05) is 28.9 Å². The molecule has 1 aromatic heterocycles. The fourth-order valence-electron chi connectivity index (χ4n) is 6.13. The molecule has 5 heterocycles. The highest BCUT2D eigenvalue weighted by Crippen LogP contribution is 2.58. The molecule has 6 rings (SSSR count). The maximum atomic E-state index is 13.3. The van der Waals surface area contributed by atoms with Gasteiger partial charge < -0.3 is 10.1 Å². The zero-order valence-electron chi connectivity index (χ0n) is 16.2. The summed E-state index contributed by atoms with van der Waals surface area (Å²) in [6, 6.07) is 11.5. The highest BCUT2D eigenvalue weighted by Gasteiger charge is 2.66. The van der Waals surface area contributed by atoms with Gasteiger partial charge in [0.2, 0.25) is 0 Å². The van der Waals surface area contributed by atoms with Gasteiger partial charge in [-0.25, -0.2) is 4.79 Å². The molecule has 5 atom stereocenters. The van der Waals surface area contributed by atoms with Gasteiger partial charge in [-0.15, -0.1) is 11.3 Å². The van der Waals surface area contributed by atoms with Crippen LogP contribution in [0.15, 0.2) is 35.7 Å². The van der Waals surface area contributed by atoms with E-state index in [1.54, 1.807) is 11.3 Å². The largest absolute Gasteiger partial charge is 0.467 e. The molecule has 2 amide bonds. The molecule has 0 aliphatic carbocycles. The van der Waals surface area contributed by atoms with Crippen molar-refractivity contribution in [2.45, 2.75) is 56.6 Å². The molecule has 1 N–H and O–H groups in total. The Morgan fingerprint density at radius 3 is 3.04 bits per heavy atom. The summed E-state index contributed by atoms with van der Waals surface area (Å²) in [5.74, 6) is 1.18. The van der Waals surface area contributed by atoms with E-state index in [9.17, 15) is 4.79 Å². The quantitative estimate of drug-likeness (QED) is 0.839. The Kier molecular flexibility index (Phi) is 3.45. The number of nitrogens with zero attached hydrogens (tertiary/aromatic N) is 2. The van der Waals surface area contributed by atoms with Crippen LogP contribution in [0.3, 0.4) is 0 Å². The highest BCUT2D eigenvalue weighted by atomic mass is 32.1. The first kappa shape index (κ1) is 16.9. The molecule has 5 unspecified atom stereocenters. The maximum Gasteiger partial charge on any atom is 0.321 e. The topological polar surface area (TPSA) is 44.8 Å². The summed E-state index contributed by atoms with van der Waals surface area (Å²) in [6.07, 6.45) is 3.25. The van der Waals surface area contributed by atoms with E-state index in [0.717, 1.165) is 17.7 Å². The number of carbonyl (C=O) groups is 1. The van der Waals surface area contributed by atoms with E-state index in [-0.39, 0.29) is 18.0 Å². The Bertz CT molecular complexity index is 945. The predicted octanol–water partition coefficient (Wildman–Crippen LogP) is 3.89. The van der Waals surface area contributed by atoms with Crippen molar-refractivity contribution in [3.8, 4) is 5.75 Å². The number of ether oxygens (including phenoxy) is 1. The van der Waals surface area contributed by atoms with Gasteiger partial charge >= 0.3 is 6.03 Å². The lowest BCUT2D eigenvalue weighted by Crippen LogP contribution is -2.76. The average molecular weight is 396 g/mol. The minimum atomic E-state index is -0.558. The second-order valence-corrected chi connectivity index (χ2v) is 9.81. The molecule has 4 aliphatic rings. The maximum absolute atomic E-state index is 13.3. The van der Waals surface area contributed by atoms with Gasteiger partial charge in [-0.3, -0.25) is 9.80 Å². The molecule has 146 valence electrons. The van der Waals surface area contributed by atoms with Crippen LogP contribution in [0.5, 0.6) is 5.75 Å². The van der Waals surface area contributed by atoms with E-state index in [0.29, 0.717) is 18.6 Å². The molecule has 3 fully saturated rings. The third-order valence-corrected chi connectivity index (χ3v) is 8.24. The van der Waals surface area contributed by atoms with Gasteiger partial charge in [0.1, 0.15) is 5.75 Å². The number of benzene rings is 1. The lowest BCUT2D eigenvalue weighted by molar-refractivity contribution is -0.193. The monoisotopic (exact) mass is 395 g/mol. The van der Waals surface area contributed by atoms with Gasteiger partial charge in [-0.05, 0) is 44.3 Å². The molecule has 2 aromatic rings. The van der Waals surface area contributed by atoms with Gasteiger partial charge in [0.15, 0.2) is 5.72 Å². The second kappa shape index (κ2) is 5.74. The lowest BCUT2D eigenvalue weighted by Gasteiger charge is -2.62. The number of nitrogens with one attached hydrogen (secondary N) is 1. The molecule has 0 radical (unpaired) electrons. The number of hydrogen-bond acceptors (Lipinski definition) is 4. The van der Waals surface area contributed by atoms with Crippen molar-refractivity contribution in [3.63, 3.8) is 0 Å². The second-order valence-electron chi connectivity index (χ2n) is 8.77. The smallest absolute Gasteiger partial charge is 0.321 e. The van der Waals surface area contributed by atoms with Crippen molar-refractivity contribution >= 4 is 17.4 Å². The summed E-state index contributed by atoms with van der Waals surface area (Å²) < 4.78 is 6.85. The Labute approximate surface area is 169 Å². The van der Waals surface area contributed by atoms with Crippen LogP contribution in [0.1, 0.15) is 41.3 Å².